The Morgan fingerprint density at radius 1 is 1.15 bits per heavy atom. The number of nitrogens with one attached hydrogen (secondary N) is 1. The van der Waals surface area contributed by atoms with Gasteiger partial charge in [-0.1, -0.05) is 27.2 Å². The van der Waals surface area contributed by atoms with Gasteiger partial charge in [0.2, 0.25) is 0 Å². The summed E-state index contributed by atoms with van der Waals surface area (Å²) < 4.78 is 5.27. The molecular formula is C19H34N2O6. The highest BCUT2D eigenvalue weighted by molar-refractivity contribution is 5.90. The molecule has 1 aliphatic heterocycles. The first kappa shape index (κ1) is 23.2. The van der Waals surface area contributed by atoms with E-state index < -0.39 is 40.6 Å². The maximum atomic E-state index is 12.4. The number of ether oxygens (including phenoxy) is 1. The first-order valence-corrected chi connectivity index (χ1v) is 9.64. The lowest BCUT2D eigenvalue weighted by Gasteiger charge is -2.39. The van der Waals surface area contributed by atoms with Gasteiger partial charge < -0.3 is 20.3 Å². The first-order chi connectivity index (χ1) is 12.4. The summed E-state index contributed by atoms with van der Waals surface area (Å²) in [5, 5.41) is 22.7. The van der Waals surface area contributed by atoms with E-state index in [2.05, 4.69) is 5.32 Å². The fourth-order valence-electron chi connectivity index (χ4n) is 4.28. The molecule has 8 nitrogen and oxygen atoms in total. The maximum Gasteiger partial charge on any atom is 0.408 e. The van der Waals surface area contributed by atoms with E-state index in [4.69, 9.17) is 4.74 Å². The quantitative estimate of drug-likeness (QED) is 0.587. The van der Waals surface area contributed by atoms with E-state index in [0.717, 1.165) is 12.8 Å². The molecule has 0 aliphatic carbocycles. The number of alkyl carbamates (subject to hydrolysis) is 1. The highest BCUT2D eigenvalue weighted by Crippen LogP contribution is 2.46. The van der Waals surface area contributed by atoms with Crippen LogP contribution < -0.4 is 5.32 Å². The summed E-state index contributed by atoms with van der Waals surface area (Å²) in [5.41, 5.74) is -3.86. The van der Waals surface area contributed by atoms with Gasteiger partial charge in [-0.25, -0.2) is 9.59 Å². The molecule has 0 aromatic heterocycles. The lowest BCUT2D eigenvalue weighted by atomic mass is 9.72. The molecule has 0 radical (unpaired) electrons. The summed E-state index contributed by atoms with van der Waals surface area (Å²) in [7, 11) is 0. The van der Waals surface area contributed by atoms with Crippen LogP contribution in [0.15, 0.2) is 0 Å². The van der Waals surface area contributed by atoms with Gasteiger partial charge in [0.25, 0.3) is 0 Å². The highest BCUT2D eigenvalue weighted by atomic mass is 16.6. The molecule has 1 amide bonds. The van der Waals surface area contributed by atoms with Crippen molar-refractivity contribution in [2.24, 2.45) is 5.92 Å². The monoisotopic (exact) mass is 386 g/mol. The van der Waals surface area contributed by atoms with Crippen molar-refractivity contribution >= 4 is 18.0 Å². The van der Waals surface area contributed by atoms with Crippen LogP contribution in [0.3, 0.4) is 0 Å². The van der Waals surface area contributed by atoms with Crippen LogP contribution in [0.2, 0.25) is 0 Å². The molecule has 1 saturated heterocycles. The second-order valence-electron chi connectivity index (χ2n) is 8.22. The Hall–Kier alpha value is -1.83. The maximum absolute atomic E-state index is 12.4. The number of likely N-dealkylation sites (tertiary alicyclic amines) is 1. The van der Waals surface area contributed by atoms with Crippen LogP contribution in [-0.4, -0.2) is 62.9 Å². The largest absolute Gasteiger partial charge is 0.480 e. The summed E-state index contributed by atoms with van der Waals surface area (Å²) in [6.45, 7) is 11.0. The highest BCUT2D eigenvalue weighted by Gasteiger charge is 2.67. The zero-order valence-electron chi connectivity index (χ0n) is 17.3. The molecular weight excluding hydrogens is 352 g/mol. The molecule has 1 aliphatic rings. The molecule has 156 valence electrons. The number of aliphatic carboxylic acids is 2. The summed E-state index contributed by atoms with van der Waals surface area (Å²) in [6, 6.07) is 0. The Kier molecular flexibility index (Phi) is 7.27. The molecule has 0 saturated carbocycles. The van der Waals surface area contributed by atoms with Crippen LogP contribution in [0.25, 0.3) is 0 Å². The molecule has 1 heterocycles. The first-order valence-electron chi connectivity index (χ1n) is 9.64. The van der Waals surface area contributed by atoms with Gasteiger partial charge in [-0.2, -0.15) is 0 Å². The zero-order chi connectivity index (χ0) is 21.0. The molecule has 3 atom stereocenters. The molecule has 27 heavy (non-hydrogen) atoms. The molecule has 1 unspecified atom stereocenters. The Labute approximate surface area is 161 Å². The lowest BCUT2D eigenvalue weighted by molar-refractivity contribution is -0.154. The minimum Gasteiger partial charge on any atom is -0.480 e. The number of hydrogen-bond donors (Lipinski definition) is 3. The fourth-order valence-corrected chi connectivity index (χ4v) is 4.28. The predicted molar refractivity (Wildman–Crippen MR) is 101 cm³/mol. The molecule has 0 bridgehead atoms. The van der Waals surface area contributed by atoms with Crippen molar-refractivity contribution in [3.63, 3.8) is 0 Å². The number of hydrogen-bond acceptors (Lipinski definition) is 5. The Bertz CT molecular complexity index is 573. The number of rotatable bonds is 8. The van der Waals surface area contributed by atoms with Gasteiger partial charge in [0, 0.05) is 12.5 Å². The average molecular weight is 386 g/mol. The van der Waals surface area contributed by atoms with E-state index in [0.29, 0.717) is 13.0 Å². The Balaban J connectivity index is 3.43. The molecule has 1 rings (SSSR count). The topological polar surface area (TPSA) is 116 Å². The molecule has 3 N–H and O–H groups in total. The molecule has 0 spiro atoms. The van der Waals surface area contributed by atoms with Gasteiger partial charge in [0.05, 0.1) is 0 Å². The van der Waals surface area contributed by atoms with Gasteiger partial charge in [0.1, 0.15) is 11.1 Å². The molecule has 0 aromatic carbocycles. The zero-order valence-corrected chi connectivity index (χ0v) is 17.3. The van der Waals surface area contributed by atoms with Gasteiger partial charge >= 0.3 is 18.0 Å². The second kappa shape index (κ2) is 8.46. The number of carboxylic acid groups (broad SMARTS) is 2. The number of carboxylic acids is 2. The number of carbonyl (C=O) groups is 3. The van der Waals surface area contributed by atoms with Crippen molar-refractivity contribution in [2.45, 2.75) is 83.9 Å². The third-order valence-electron chi connectivity index (χ3n) is 5.38. The normalized spacial score (nSPS) is 28.7. The van der Waals surface area contributed by atoms with Crippen LogP contribution in [0, 0.1) is 5.92 Å². The van der Waals surface area contributed by atoms with Crippen LogP contribution >= 0.6 is 0 Å². The van der Waals surface area contributed by atoms with Gasteiger partial charge in [-0.3, -0.25) is 9.69 Å². The number of carbonyl (C=O) groups excluding carboxylic acids is 1. The Morgan fingerprint density at radius 2 is 1.74 bits per heavy atom. The van der Waals surface area contributed by atoms with E-state index in [1.807, 2.05) is 6.92 Å². The smallest absolute Gasteiger partial charge is 0.408 e. The van der Waals surface area contributed by atoms with Crippen LogP contribution in [0.5, 0.6) is 0 Å². The van der Waals surface area contributed by atoms with Crippen molar-refractivity contribution in [1.29, 1.82) is 0 Å². The van der Waals surface area contributed by atoms with Gasteiger partial charge in [-0.15, -0.1) is 0 Å². The third-order valence-corrected chi connectivity index (χ3v) is 5.38. The van der Waals surface area contributed by atoms with Crippen LogP contribution in [0.4, 0.5) is 4.79 Å². The van der Waals surface area contributed by atoms with E-state index in [1.165, 1.54) is 0 Å². The number of unbranched alkanes of at least 4 members (excludes halogenated alkanes) is 1. The summed E-state index contributed by atoms with van der Waals surface area (Å²) >= 11 is 0. The van der Waals surface area contributed by atoms with E-state index in [1.54, 1.807) is 39.5 Å². The van der Waals surface area contributed by atoms with Gasteiger partial charge in [-0.05, 0) is 46.6 Å². The van der Waals surface area contributed by atoms with Crippen molar-refractivity contribution in [3.8, 4) is 0 Å². The van der Waals surface area contributed by atoms with Crippen molar-refractivity contribution < 1.29 is 29.3 Å². The number of amides is 1. The van der Waals surface area contributed by atoms with E-state index >= 15 is 0 Å². The third kappa shape index (κ3) is 4.36. The van der Waals surface area contributed by atoms with Crippen LogP contribution in [-0.2, 0) is 14.3 Å². The molecule has 8 heteroatoms. The SMILES string of the molecule is CCCCN1C[C@@](NC(=O)OC(C)(C)C)(C(=O)O)C(CC)[C@]1(CC)C(=O)O. The average Bonchev–Trinajstić information content (AvgIpc) is 2.81. The van der Waals surface area contributed by atoms with Crippen molar-refractivity contribution in [2.75, 3.05) is 13.1 Å². The fraction of sp³-hybridized carbons (Fsp3) is 0.842. The van der Waals surface area contributed by atoms with Crippen molar-refractivity contribution in [1.82, 2.24) is 10.2 Å². The summed E-state index contributed by atoms with van der Waals surface area (Å²) in [6.07, 6.45) is 1.29. The summed E-state index contributed by atoms with van der Waals surface area (Å²) in [4.78, 5) is 38.8. The minimum atomic E-state index is -1.72. The van der Waals surface area contributed by atoms with Crippen molar-refractivity contribution in [3.05, 3.63) is 0 Å². The minimum absolute atomic E-state index is 0.0692. The summed E-state index contributed by atoms with van der Waals surface area (Å²) in [5.74, 6) is -3.09. The predicted octanol–water partition coefficient (Wildman–Crippen LogP) is 2.71. The molecule has 0 aromatic rings. The van der Waals surface area contributed by atoms with Crippen LogP contribution in [0.1, 0.15) is 67.2 Å². The van der Waals surface area contributed by atoms with E-state index in [9.17, 15) is 24.6 Å². The Morgan fingerprint density at radius 3 is 2.11 bits per heavy atom. The lowest BCUT2D eigenvalue weighted by Crippen LogP contribution is -2.63. The van der Waals surface area contributed by atoms with E-state index in [-0.39, 0.29) is 13.0 Å². The standard InChI is InChI=1S/C19H34N2O6/c1-7-10-11-21-12-18(14(22)23,20-16(26)27-17(4,5)6)13(8-2)19(21,9-3)15(24)25/h13H,7-12H2,1-6H3,(H,20,26)(H,22,23)(H,24,25)/t13?,18-,19+/m0/s1. The number of nitrogens with zero attached hydrogens (tertiary/aromatic N) is 1. The van der Waals surface area contributed by atoms with Gasteiger partial charge in [0.15, 0.2) is 5.54 Å². The second-order valence-corrected chi connectivity index (χ2v) is 8.22. The molecule has 1 fully saturated rings.